The van der Waals surface area contributed by atoms with Gasteiger partial charge in [-0.2, -0.15) is 13.2 Å². The van der Waals surface area contributed by atoms with Gasteiger partial charge in [-0.15, -0.1) is 11.3 Å². The van der Waals surface area contributed by atoms with Crippen LogP contribution in [0, 0.1) is 13.8 Å². The summed E-state index contributed by atoms with van der Waals surface area (Å²) < 4.78 is 38.3. The van der Waals surface area contributed by atoms with Gasteiger partial charge in [-0.05, 0) is 19.4 Å². The topological polar surface area (TPSA) is 65.1 Å². The molecule has 3 aromatic rings. The molecule has 0 bridgehead atoms. The molecule has 11 heteroatoms. The normalized spacial score (nSPS) is 16.2. The second-order valence-electron chi connectivity index (χ2n) is 6.74. The first-order valence-electron chi connectivity index (χ1n) is 8.71. The van der Waals surface area contributed by atoms with Gasteiger partial charge in [-0.25, -0.2) is 9.97 Å². The maximum atomic E-state index is 12.8. The molecule has 1 aliphatic rings. The molecule has 0 atom stereocenters. The number of aromatic nitrogens is 3. The molecule has 28 heavy (non-hydrogen) atoms. The molecule has 1 N–H and O–H groups in total. The molecular formula is C17H18F3N5OS2. The Morgan fingerprint density at radius 3 is 2.54 bits per heavy atom. The number of aryl methyl sites for hydroxylation is 2. The molecule has 0 radical (unpaired) electrons. The Hall–Kier alpha value is -1.98. The van der Waals surface area contributed by atoms with E-state index in [1.165, 1.54) is 11.3 Å². The lowest BCUT2D eigenvalue weighted by atomic mass is 10.2. The molecule has 0 spiro atoms. The lowest BCUT2D eigenvalue weighted by Crippen LogP contribution is -2.46. The number of piperazine rings is 1. The summed E-state index contributed by atoms with van der Waals surface area (Å²) in [5, 5.41) is 1.05. The Morgan fingerprint density at radius 2 is 1.89 bits per heavy atom. The summed E-state index contributed by atoms with van der Waals surface area (Å²) >= 11 is 2.19. The Kier molecular flexibility index (Phi) is 4.92. The number of thiazole rings is 1. The zero-order valence-electron chi connectivity index (χ0n) is 15.3. The largest absolute Gasteiger partial charge is 0.427 e. The summed E-state index contributed by atoms with van der Waals surface area (Å²) in [4.78, 5) is 28.9. The minimum absolute atomic E-state index is 0.122. The third kappa shape index (κ3) is 3.65. The molecule has 1 aliphatic heterocycles. The van der Waals surface area contributed by atoms with Gasteiger partial charge in [-0.3, -0.25) is 9.69 Å². The van der Waals surface area contributed by atoms with Gasteiger partial charge >= 0.3 is 6.18 Å². The summed E-state index contributed by atoms with van der Waals surface area (Å²) in [6, 6.07) is 0. The van der Waals surface area contributed by atoms with Crippen LogP contribution in [0.3, 0.4) is 0 Å². The number of nitrogens with zero attached hydrogens (tertiary/aromatic N) is 4. The summed E-state index contributed by atoms with van der Waals surface area (Å²) in [5.41, 5.74) is 0.846. The highest BCUT2D eigenvalue weighted by Gasteiger charge is 2.34. The van der Waals surface area contributed by atoms with Crippen LogP contribution in [0.1, 0.15) is 21.1 Å². The number of anilines is 1. The second-order valence-corrected chi connectivity index (χ2v) is 8.96. The highest BCUT2D eigenvalue weighted by atomic mass is 32.1. The monoisotopic (exact) mass is 429 g/mol. The van der Waals surface area contributed by atoms with Gasteiger partial charge in [0.2, 0.25) is 0 Å². The molecule has 3 aromatic heterocycles. The minimum Gasteiger partial charge on any atom is -0.346 e. The molecule has 1 saturated heterocycles. The number of H-pyrrole nitrogens is 1. The van der Waals surface area contributed by atoms with Crippen LogP contribution >= 0.6 is 22.7 Å². The van der Waals surface area contributed by atoms with Crippen molar-refractivity contribution < 1.29 is 13.2 Å². The molecule has 150 valence electrons. The number of rotatable bonds is 3. The van der Waals surface area contributed by atoms with Crippen molar-refractivity contribution in [3.63, 3.8) is 0 Å². The molecule has 1 fully saturated rings. The number of alkyl halides is 3. The number of halogens is 3. The van der Waals surface area contributed by atoms with Crippen LogP contribution in [0.2, 0.25) is 0 Å². The first-order chi connectivity index (χ1) is 13.2. The number of hydrogen-bond acceptors (Lipinski definition) is 7. The highest BCUT2D eigenvalue weighted by Crippen LogP contribution is 2.36. The van der Waals surface area contributed by atoms with E-state index in [9.17, 15) is 18.0 Å². The van der Waals surface area contributed by atoms with Crippen molar-refractivity contribution in [3.05, 3.63) is 37.7 Å². The summed E-state index contributed by atoms with van der Waals surface area (Å²) in [7, 11) is 0. The molecule has 0 unspecified atom stereocenters. The average molecular weight is 429 g/mol. The Labute approximate surface area is 166 Å². The van der Waals surface area contributed by atoms with Crippen molar-refractivity contribution in [3.8, 4) is 0 Å². The van der Waals surface area contributed by atoms with E-state index in [0.717, 1.165) is 21.5 Å². The lowest BCUT2D eigenvalue weighted by molar-refractivity contribution is -0.134. The quantitative estimate of drug-likeness (QED) is 0.691. The Bertz CT molecular complexity index is 1060. The Balaban J connectivity index is 1.43. The molecular weight excluding hydrogens is 411 g/mol. The first-order valence-corrected chi connectivity index (χ1v) is 10.3. The van der Waals surface area contributed by atoms with Gasteiger partial charge in [0.05, 0.1) is 18.1 Å². The van der Waals surface area contributed by atoms with Gasteiger partial charge in [0.25, 0.3) is 5.56 Å². The molecule has 4 rings (SSSR count). The van der Waals surface area contributed by atoms with Crippen molar-refractivity contribution in [1.29, 1.82) is 0 Å². The van der Waals surface area contributed by atoms with Crippen LogP contribution in [0.5, 0.6) is 0 Å². The third-order valence-electron chi connectivity index (χ3n) is 4.88. The van der Waals surface area contributed by atoms with Gasteiger partial charge in [0.15, 0.2) is 5.13 Å². The molecule has 0 amide bonds. The predicted molar refractivity (Wildman–Crippen MR) is 104 cm³/mol. The number of fused-ring (bicyclic) bond motifs is 1. The fourth-order valence-electron chi connectivity index (χ4n) is 3.23. The summed E-state index contributed by atoms with van der Waals surface area (Å²) in [6.07, 6.45) is -3.46. The van der Waals surface area contributed by atoms with E-state index in [1.54, 1.807) is 0 Å². The zero-order chi connectivity index (χ0) is 20.1. The van der Waals surface area contributed by atoms with E-state index in [4.69, 9.17) is 0 Å². The maximum Gasteiger partial charge on any atom is 0.427 e. The van der Waals surface area contributed by atoms with Crippen molar-refractivity contribution in [2.75, 3.05) is 31.1 Å². The van der Waals surface area contributed by atoms with E-state index in [0.29, 0.717) is 60.4 Å². The number of thiophene rings is 1. The molecule has 0 aromatic carbocycles. The van der Waals surface area contributed by atoms with Crippen molar-refractivity contribution >= 4 is 38.0 Å². The van der Waals surface area contributed by atoms with Gasteiger partial charge in [-0.1, -0.05) is 11.3 Å². The van der Waals surface area contributed by atoms with Crippen LogP contribution < -0.4 is 10.5 Å². The predicted octanol–water partition coefficient (Wildman–Crippen LogP) is 3.40. The summed E-state index contributed by atoms with van der Waals surface area (Å²) in [5.74, 6) is 0.612. The van der Waals surface area contributed by atoms with Crippen LogP contribution in [0.25, 0.3) is 10.2 Å². The lowest BCUT2D eigenvalue weighted by Gasteiger charge is -2.34. The molecule has 4 heterocycles. The second kappa shape index (κ2) is 7.12. The van der Waals surface area contributed by atoms with E-state index in [2.05, 4.69) is 19.9 Å². The van der Waals surface area contributed by atoms with E-state index < -0.39 is 11.1 Å². The first kappa shape index (κ1) is 19.3. The smallest absolute Gasteiger partial charge is 0.346 e. The van der Waals surface area contributed by atoms with Gasteiger partial charge in [0, 0.05) is 31.1 Å². The zero-order valence-corrected chi connectivity index (χ0v) is 16.9. The molecule has 0 aliphatic carbocycles. The highest BCUT2D eigenvalue weighted by molar-refractivity contribution is 7.18. The summed E-state index contributed by atoms with van der Waals surface area (Å²) in [6.45, 7) is 6.87. The van der Waals surface area contributed by atoms with Crippen LogP contribution in [0.15, 0.2) is 11.0 Å². The van der Waals surface area contributed by atoms with Crippen molar-refractivity contribution in [1.82, 2.24) is 19.9 Å². The third-order valence-corrected chi connectivity index (χ3v) is 7.08. The SMILES string of the molecule is Cc1sc2nc(CN3CCN(c4ncc(C(F)(F)F)s4)CC3)[nH]c(=O)c2c1C. The fourth-order valence-corrected chi connectivity index (χ4v) is 5.11. The average Bonchev–Trinajstić information content (AvgIpc) is 3.21. The number of aromatic amines is 1. The van der Waals surface area contributed by atoms with Crippen molar-refractivity contribution in [2.24, 2.45) is 0 Å². The standard InChI is InChI=1S/C17H18F3N5OS2/c1-9-10(2)27-15-13(9)14(26)22-12(23-15)8-24-3-5-25(6-4-24)16-21-7-11(28-16)17(18,19)20/h7H,3-6,8H2,1-2H3,(H,22,23,26). The van der Waals surface area contributed by atoms with Gasteiger partial charge in [0.1, 0.15) is 15.5 Å². The van der Waals surface area contributed by atoms with E-state index in [1.807, 2.05) is 18.7 Å². The minimum atomic E-state index is -4.35. The van der Waals surface area contributed by atoms with E-state index >= 15 is 0 Å². The Morgan fingerprint density at radius 1 is 1.18 bits per heavy atom. The van der Waals surface area contributed by atoms with E-state index in [-0.39, 0.29) is 5.56 Å². The number of hydrogen-bond donors (Lipinski definition) is 1. The molecule has 0 saturated carbocycles. The fraction of sp³-hybridized carbons (Fsp3) is 0.471. The van der Waals surface area contributed by atoms with Crippen LogP contribution in [-0.4, -0.2) is 46.0 Å². The van der Waals surface area contributed by atoms with Crippen LogP contribution in [-0.2, 0) is 12.7 Å². The van der Waals surface area contributed by atoms with Crippen molar-refractivity contribution in [2.45, 2.75) is 26.6 Å². The van der Waals surface area contributed by atoms with Gasteiger partial charge < -0.3 is 9.88 Å². The maximum absolute atomic E-state index is 12.8. The number of nitrogens with one attached hydrogen (secondary N) is 1. The van der Waals surface area contributed by atoms with Crippen LogP contribution in [0.4, 0.5) is 18.3 Å². The molecule has 6 nitrogen and oxygen atoms in total.